The number of ether oxygens (including phenoxy) is 2. The van der Waals surface area contributed by atoms with Crippen molar-refractivity contribution < 1.29 is 22.4 Å². The molecule has 28 heavy (non-hydrogen) atoms. The van der Waals surface area contributed by atoms with Crippen LogP contribution in [-0.4, -0.2) is 49.2 Å². The van der Waals surface area contributed by atoms with Gasteiger partial charge >= 0.3 is 0 Å². The van der Waals surface area contributed by atoms with Gasteiger partial charge in [-0.25, -0.2) is 8.42 Å². The number of benzene rings is 1. The third kappa shape index (κ3) is 3.86. The lowest BCUT2D eigenvalue weighted by atomic mass is 10.00. The lowest BCUT2D eigenvalue weighted by molar-refractivity contribution is 0.171. The molecule has 1 fully saturated rings. The molecule has 0 radical (unpaired) electrons. The van der Waals surface area contributed by atoms with E-state index in [4.69, 9.17) is 14.0 Å². The molecule has 9 heteroatoms. The standard InChI is InChI=1S/C19H25N3O5S/c1-13(2)10-18-20-19(27-21-18)14-4-3-7-22(12-14)28(23,24)15-5-6-16-17(11-15)26-9-8-25-16/h5-6,11,13-14H,3-4,7-10,12H2,1-2H3. The lowest BCUT2D eigenvalue weighted by Gasteiger charge is -2.30. The van der Waals surface area contributed by atoms with Crippen molar-refractivity contribution in [2.24, 2.45) is 5.92 Å². The van der Waals surface area contributed by atoms with Gasteiger partial charge in [0.2, 0.25) is 15.9 Å². The van der Waals surface area contributed by atoms with Gasteiger partial charge in [-0.1, -0.05) is 19.0 Å². The second kappa shape index (κ2) is 7.71. The van der Waals surface area contributed by atoms with Gasteiger partial charge in [0.15, 0.2) is 17.3 Å². The van der Waals surface area contributed by atoms with Crippen LogP contribution >= 0.6 is 0 Å². The first-order chi connectivity index (χ1) is 13.4. The van der Waals surface area contributed by atoms with E-state index in [2.05, 4.69) is 24.0 Å². The molecule has 152 valence electrons. The number of rotatable bonds is 5. The minimum Gasteiger partial charge on any atom is -0.486 e. The minimum atomic E-state index is -3.64. The van der Waals surface area contributed by atoms with Crippen molar-refractivity contribution in [3.8, 4) is 11.5 Å². The Morgan fingerprint density at radius 1 is 1.21 bits per heavy atom. The first-order valence-corrected chi connectivity index (χ1v) is 11.1. The van der Waals surface area contributed by atoms with Gasteiger partial charge in [0.05, 0.1) is 10.8 Å². The summed E-state index contributed by atoms with van der Waals surface area (Å²) in [6.07, 6.45) is 2.32. The summed E-state index contributed by atoms with van der Waals surface area (Å²) in [5.74, 6) is 2.59. The zero-order valence-corrected chi connectivity index (χ0v) is 16.9. The average molecular weight is 407 g/mol. The van der Waals surface area contributed by atoms with Gasteiger partial charge in [-0.3, -0.25) is 0 Å². The van der Waals surface area contributed by atoms with Crippen molar-refractivity contribution >= 4 is 10.0 Å². The molecule has 2 aromatic rings. The first kappa shape index (κ1) is 19.2. The fraction of sp³-hybridized carbons (Fsp3) is 0.579. The minimum absolute atomic E-state index is 0.0888. The smallest absolute Gasteiger partial charge is 0.243 e. The van der Waals surface area contributed by atoms with Crippen molar-refractivity contribution in [1.82, 2.24) is 14.4 Å². The highest BCUT2D eigenvalue weighted by Gasteiger charge is 2.34. The van der Waals surface area contributed by atoms with Crippen molar-refractivity contribution in [2.45, 2.75) is 43.9 Å². The van der Waals surface area contributed by atoms with E-state index in [1.54, 1.807) is 18.2 Å². The van der Waals surface area contributed by atoms with E-state index in [1.807, 2.05) is 0 Å². The summed E-state index contributed by atoms with van der Waals surface area (Å²) in [6.45, 7) is 5.88. The molecule has 0 saturated carbocycles. The van der Waals surface area contributed by atoms with E-state index < -0.39 is 10.0 Å². The highest BCUT2D eigenvalue weighted by atomic mass is 32.2. The molecule has 2 aliphatic heterocycles. The third-order valence-electron chi connectivity index (χ3n) is 4.96. The zero-order chi connectivity index (χ0) is 19.7. The summed E-state index contributed by atoms with van der Waals surface area (Å²) < 4.78 is 44.3. The van der Waals surface area contributed by atoms with Gasteiger partial charge in [-0.05, 0) is 30.9 Å². The number of nitrogens with zero attached hydrogens (tertiary/aromatic N) is 3. The highest BCUT2D eigenvalue weighted by molar-refractivity contribution is 7.89. The molecule has 1 aromatic carbocycles. The van der Waals surface area contributed by atoms with Crippen LogP contribution in [0.3, 0.4) is 0 Å². The van der Waals surface area contributed by atoms with Crippen LogP contribution in [0.15, 0.2) is 27.6 Å². The summed E-state index contributed by atoms with van der Waals surface area (Å²) in [7, 11) is -3.64. The fourth-order valence-corrected chi connectivity index (χ4v) is 5.12. The predicted octanol–water partition coefficient (Wildman–Crippen LogP) is 2.61. The molecule has 8 nitrogen and oxygen atoms in total. The average Bonchev–Trinajstić information content (AvgIpc) is 3.15. The number of fused-ring (bicyclic) bond motifs is 1. The van der Waals surface area contributed by atoms with Gasteiger partial charge in [-0.2, -0.15) is 9.29 Å². The van der Waals surface area contributed by atoms with Crippen LogP contribution in [0.5, 0.6) is 11.5 Å². The lowest BCUT2D eigenvalue weighted by Crippen LogP contribution is -2.39. The van der Waals surface area contributed by atoms with Gasteiger partial charge in [0.1, 0.15) is 13.2 Å². The Kier molecular flexibility index (Phi) is 5.29. The van der Waals surface area contributed by atoms with Gasteiger partial charge in [-0.15, -0.1) is 0 Å². The Balaban J connectivity index is 1.52. The summed E-state index contributed by atoms with van der Waals surface area (Å²) in [5.41, 5.74) is 0. The SMILES string of the molecule is CC(C)Cc1noc(C2CCCN(S(=O)(=O)c3ccc4c(c3)OCCO4)C2)n1. The maximum atomic E-state index is 13.2. The Labute approximate surface area is 164 Å². The summed E-state index contributed by atoms with van der Waals surface area (Å²) in [5, 5.41) is 4.04. The molecule has 1 unspecified atom stereocenters. The first-order valence-electron chi connectivity index (χ1n) is 9.66. The van der Waals surface area contributed by atoms with E-state index in [1.165, 1.54) is 4.31 Å². The van der Waals surface area contributed by atoms with Crippen LogP contribution in [-0.2, 0) is 16.4 Å². The topological polar surface area (TPSA) is 94.8 Å². The maximum Gasteiger partial charge on any atom is 0.243 e. The van der Waals surface area contributed by atoms with Crippen LogP contribution in [0.1, 0.15) is 44.3 Å². The molecule has 0 N–H and O–H groups in total. The Hall–Kier alpha value is -2.13. The molecular formula is C19H25N3O5S. The molecule has 0 bridgehead atoms. The summed E-state index contributed by atoms with van der Waals surface area (Å²) in [6, 6.07) is 4.76. The second-order valence-electron chi connectivity index (χ2n) is 7.65. The van der Waals surface area contributed by atoms with Crippen molar-refractivity contribution in [3.05, 3.63) is 29.9 Å². The molecule has 2 aliphatic rings. The number of piperidine rings is 1. The summed E-state index contributed by atoms with van der Waals surface area (Å²) >= 11 is 0. The van der Waals surface area contributed by atoms with Gasteiger partial charge in [0.25, 0.3) is 0 Å². The third-order valence-corrected chi connectivity index (χ3v) is 6.82. The zero-order valence-electron chi connectivity index (χ0n) is 16.1. The molecular weight excluding hydrogens is 382 g/mol. The normalized spacial score (nSPS) is 20.5. The Morgan fingerprint density at radius 3 is 2.79 bits per heavy atom. The van der Waals surface area contributed by atoms with E-state index in [0.717, 1.165) is 19.3 Å². The Morgan fingerprint density at radius 2 is 2.00 bits per heavy atom. The Bertz CT molecular complexity index is 941. The monoisotopic (exact) mass is 407 g/mol. The van der Waals surface area contributed by atoms with Crippen LogP contribution in [0.25, 0.3) is 0 Å². The molecule has 1 saturated heterocycles. The highest BCUT2D eigenvalue weighted by Crippen LogP contribution is 2.35. The van der Waals surface area contributed by atoms with E-state index in [9.17, 15) is 8.42 Å². The molecule has 0 aliphatic carbocycles. The van der Waals surface area contributed by atoms with Gasteiger partial charge < -0.3 is 14.0 Å². The van der Waals surface area contributed by atoms with Crippen LogP contribution in [0, 0.1) is 5.92 Å². The van der Waals surface area contributed by atoms with E-state index in [-0.39, 0.29) is 10.8 Å². The van der Waals surface area contributed by atoms with Crippen LogP contribution in [0.2, 0.25) is 0 Å². The predicted molar refractivity (Wildman–Crippen MR) is 101 cm³/mol. The van der Waals surface area contributed by atoms with Crippen LogP contribution in [0.4, 0.5) is 0 Å². The molecule has 1 atom stereocenters. The molecule has 1 aromatic heterocycles. The van der Waals surface area contributed by atoms with Crippen molar-refractivity contribution in [1.29, 1.82) is 0 Å². The van der Waals surface area contributed by atoms with E-state index >= 15 is 0 Å². The summed E-state index contributed by atoms with van der Waals surface area (Å²) in [4.78, 5) is 4.70. The number of sulfonamides is 1. The quantitative estimate of drug-likeness (QED) is 0.752. The fourth-order valence-electron chi connectivity index (χ4n) is 3.58. The van der Waals surface area contributed by atoms with Crippen molar-refractivity contribution in [3.63, 3.8) is 0 Å². The molecule has 4 rings (SSSR count). The number of aromatic nitrogens is 2. The second-order valence-corrected chi connectivity index (χ2v) is 9.59. The molecule has 3 heterocycles. The molecule has 0 amide bonds. The largest absolute Gasteiger partial charge is 0.486 e. The van der Waals surface area contributed by atoms with E-state index in [0.29, 0.717) is 55.4 Å². The van der Waals surface area contributed by atoms with Gasteiger partial charge in [0, 0.05) is 25.6 Å². The maximum absolute atomic E-state index is 13.2. The molecule has 0 spiro atoms. The number of hydrogen-bond donors (Lipinski definition) is 0. The number of hydrogen-bond acceptors (Lipinski definition) is 7. The van der Waals surface area contributed by atoms with Crippen molar-refractivity contribution in [2.75, 3.05) is 26.3 Å². The van der Waals surface area contributed by atoms with Crippen LogP contribution < -0.4 is 9.47 Å².